The highest BCUT2D eigenvalue weighted by atomic mass is 32.2. The summed E-state index contributed by atoms with van der Waals surface area (Å²) in [4.78, 5) is 36.1. The van der Waals surface area contributed by atoms with Crippen molar-refractivity contribution in [3.63, 3.8) is 0 Å². The number of piperazine rings is 1. The molecular weight excluding hydrogens is 538 g/mol. The topological polar surface area (TPSA) is 103 Å². The Bertz CT molecular complexity index is 1360. The Morgan fingerprint density at radius 1 is 0.878 bits per heavy atom. The van der Waals surface area contributed by atoms with Crippen molar-refractivity contribution in [1.82, 2.24) is 19.5 Å². The molecule has 6 rings (SSSR count). The van der Waals surface area contributed by atoms with Crippen LogP contribution in [-0.4, -0.2) is 79.7 Å². The number of hydrogen-bond acceptors (Lipinski definition) is 6. The SMILES string of the molecule is O=C1NCCCCCCN(S(=O)(=O)c2ccc3c(c2)CCC3)[C@H]2C[C@H](C(=O)N3CCN(c4ccccn4)CC3)C[C@@H]12. The third kappa shape index (κ3) is 5.86. The highest BCUT2D eigenvalue weighted by Crippen LogP contribution is 2.39. The number of aromatic nitrogens is 1. The Morgan fingerprint density at radius 3 is 2.49 bits per heavy atom. The number of amides is 2. The Morgan fingerprint density at radius 2 is 1.68 bits per heavy atom. The average molecular weight is 580 g/mol. The van der Waals surface area contributed by atoms with Gasteiger partial charge in [0.15, 0.2) is 0 Å². The van der Waals surface area contributed by atoms with Crippen LogP contribution in [0.2, 0.25) is 0 Å². The molecule has 2 saturated heterocycles. The fraction of sp³-hybridized carbons (Fsp3) is 0.581. The molecule has 0 bridgehead atoms. The van der Waals surface area contributed by atoms with Crippen LogP contribution in [0.5, 0.6) is 0 Å². The highest BCUT2D eigenvalue weighted by Gasteiger charge is 2.48. The minimum Gasteiger partial charge on any atom is -0.356 e. The summed E-state index contributed by atoms with van der Waals surface area (Å²) in [6.07, 6.45) is 8.96. The first-order valence-electron chi connectivity index (χ1n) is 15.3. The van der Waals surface area contributed by atoms with Crippen LogP contribution in [0.25, 0.3) is 0 Å². The van der Waals surface area contributed by atoms with E-state index in [1.54, 1.807) is 16.6 Å². The van der Waals surface area contributed by atoms with Crippen LogP contribution < -0.4 is 10.2 Å². The molecule has 1 N–H and O–H groups in total. The van der Waals surface area contributed by atoms with E-state index in [9.17, 15) is 18.0 Å². The number of sulfonamides is 1. The number of carbonyl (C=O) groups excluding carboxylic acids is 2. The van der Waals surface area contributed by atoms with E-state index < -0.39 is 22.0 Å². The zero-order chi connectivity index (χ0) is 28.4. The zero-order valence-corrected chi connectivity index (χ0v) is 24.5. The van der Waals surface area contributed by atoms with Gasteiger partial charge in [0.25, 0.3) is 0 Å². The van der Waals surface area contributed by atoms with Gasteiger partial charge in [0.2, 0.25) is 21.8 Å². The van der Waals surface area contributed by atoms with Crippen LogP contribution in [0.15, 0.2) is 47.5 Å². The van der Waals surface area contributed by atoms with Crippen molar-refractivity contribution in [3.05, 3.63) is 53.7 Å². The minimum absolute atomic E-state index is 0.0351. The lowest BCUT2D eigenvalue weighted by Crippen LogP contribution is -2.50. The lowest BCUT2D eigenvalue weighted by Gasteiger charge is -2.36. The molecule has 4 aliphatic rings. The monoisotopic (exact) mass is 579 g/mol. The number of carbonyl (C=O) groups is 2. The van der Waals surface area contributed by atoms with Crippen molar-refractivity contribution in [2.24, 2.45) is 11.8 Å². The molecule has 0 unspecified atom stereocenters. The van der Waals surface area contributed by atoms with Gasteiger partial charge in [-0.05, 0) is 80.3 Å². The predicted octanol–water partition coefficient (Wildman–Crippen LogP) is 2.99. The van der Waals surface area contributed by atoms with E-state index in [0.29, 0.717) is 57.0 Å². The van der Waals surface area contributed by atoms with Crippen molar-refractivity contribution in [2.75, 3.05) is 44.2 Å². The lowest BCUT2D eigenvalue weighted by molar-refractivity contribution is -0.135. The number of hydrogen-bond donors (Lipinski definition) is 1. The van der Waals surface area contributed by atoms with Crippen molar-refractivity contribution in [3.8, 4) is 0 Å². The van der Waals surface area contributed by atoms with Crippen LogP contribution in [0.4, 0.5) is 5.82 Å². The molecule has 1 aromatic heterocycles. The molecule has 1 aromatic carbocycles. The number of anilines is 1. The third-order valence-corrected chi connectivity index (χ3v) is 11.4. The van der Waals surface area contributed by atoms with E-state index >= 15 is 0 Å². The highest BCUT2D eigenvalue weighted by molar-refractivity contribution is 7.89. The Balaban J connectivity index is 1.23. The quantitative estimate of drug-likeness (QED) is 0.598. The number of aryl methyl sites for hydroxylation is 2. The lowest BCUT2D eigenvalue weighted by atomic mass is 10.0. The van der Waals surface area contributed by atoms with Gasteiger partial charge in [-0.3, -0.25) is 9.59 Å². The molecule has 41 heavy (non-hydrogen) atoms. The van der Waals surface area contributed by atoms with E-state index in [4.69, 9.17) is 0 Å². The minimum atomic E-state index is -3.84. The summed E-state index contributed by atoms with van der Waals surface area (Å²) in [6, 6.07) is 10.8. The standard InChI is InChI=1S/C31H41N5O4S/c37-30-27-21-25(31(38)35-18-16-34(17-19-35)29-10-3-5-13-32-29)22-28(27)36(15-6-2-1-4-14-33-30)41(39,40)26-12-11-23-8-7-9-24(23)20-26/h3,5,10-13,20,25,27-28H,1-2,4,6-9,14-19,21-22H2,(H,33,37)/t25-,27-,28+/m1/s1. The van der Waals surface area contributed by atoms with Crippen LogP contribution in [0.3, 0.4) is 0 Å². The normalized spacial score (nSPS) is 26.1. The summed E-state index contributed by atoms with van der Waals surface area (Å²) >= 11 is 0. The van der Waals surface area contributed by atoms with Crippen LogP contribution in [-0.2, 0) is 32.5 Å². The number of nitrogens with zero attached hydrogens (tertiary/aromatic N) is 4. The van der Waals surface area contributed by atoms with Crippen LogP contribution in [0.1, 0.15) is 56.1 Å². The number of nitrogens with one attached hydrogen (secondary N) is 1. The van der Waals surface area contributed by atoms with Gasteiger partial charge in [-0.2, -0.15) is 4.31 Å². The van der Waals surface area contributed by atoms with Crippen molar-refractivity contribution in [1.29, 1.82) is 0 Å². The maximum absolute atomic E-state index is 14.2. The van der Waals surface area contributed by atoms with E-state index in [1.807, 2.05) is 35.2 Å². The maximum Gasteiger partial charge on any atom is 0.243 e. The largest absolute Gasteiger partial charge is 0.356 e. The van der Waals surface area contributed by atoms with Crippen molar-refractivity contribution in [2.45, 2.75) is 68.7 Å². The first-order chi connectivity index (χ1) is 19.9. The summed E-state index contributed by atoms with van der Waals surface area (Å²) in [5.74, 6) is -0.0979. The number of rotatable bonds is 4. The molecule has 220 valence electrons. The van der Waals surface area contributed by atoms with E-state index in [-0.39, 0.29) is 17.7 Å². The van der Waals surface area contributed by atoms with Crippen molar-refractivity contribution < 1.29 is 18.0 Å². The smallest absolute Gasteiger partial charge is 0.243 e. The zero-order valence-electron chi connectivity index (χ0n) is 23.7. The first kappa shape index (κ1) is 28.2. The molecule has 2 aliphatic carbocycles. The molecule has 3 atom stereocenters. The van der Waals surface area contributed by atoms with Crippen LogP contribution in [0, 0.1) is 11.8 Å². The molecule has 9 nitrogen and oxygen atoms in total. The predicted molar refractivity (Wildman–Crippen MR) is 157 cm³/mol. The molecule has 1 saturated carbocycles. The Hall–Kier alpha value is -2.98. The molecule has 0 spiro atoms. The second-order valence-corrected chi connectivity index (χ2v) is 13.8. The molecule has 3 heterocycles. The van der Waals surface area contributed by atoms with Gasteiger partial charge in [0, 0.05) is 57.4 Å². The molecule has 3 fully saturated rings. The molecule has 10 heteroatoms. The number of benzene rings is 1. The summed E-state index contributed by atoms with van der Waals surface area (Å²) < 4.78 is 30.0. The van der Waals surface area contributed by atoms with Gasteiger partial charge < -0.3 is 15.1 Å². The molecule has 2 aromatic rings. The van der Waals surface area contributed by atoms with Crippen LogP contribution >= 0.6 is 0 Å². The Kier molecular flexibility index (Phi) is 8.30. The van der Waals surface area contributed by atoms with Gasteiger partial charge in [0.1, 0.15) is 5.82 Å². The Labute approximate surface area is 243 Å². The number of fused-ring (bicyclic) bond motifs is 2. The number of pyridine rings is 1. The summed E-state index contributed by atoms with van der Waals surface area (Å²) in [5, 5.41) is 3.06. The second kappa shape index (κ2) is 12.1. The molecule has 2 amide bonds. The maximum atomic E-state index is 14.2. The van der Waals surface area contributed by atoms with Gasteiger partial charge in [-0.25, -0.2) is 13.4 Å². The fourth-order valence-corrected chi connectivity index (χ4v) is 8.93. The average Bonchev–Trinajstić information content (AvgIpc) is 3.65. The third-order valence-electron chi connectivity index (χ3n) is 9.43. The van der Waals surface area contributed by atoms with Gasteiger partial charge >= 0.3 is 0 Å². The molecule has 0 radical (unpaired) electrons. The fourth-order valence-electron chi connectivity index (χ4n) is 7.17. The summed E-state index contributed by atoms with van der Waals surface area (Å²) in [6.45, 7) is 3.53. The van der Waals surface area contributed by atoms with Crippen molar-refractivity contribution >= 4 is 27.7 Å². The molecular formula is C31H41N5O4S. The van der Waals surface area contributed by atoms with E-state index in [1.165, 1.54) is 5.56 Å². The van der Waals surface area contributed by atoms with E-state index in [0.717, 1.165) is 56.3 Å². The molecule has 2 aliphatic heterocycles. The van der Waals surface area contributed by atoms with Gasteiger partial charge in [-0.1, -0.05) is 25.0 Å². The summed E-state index contributed by atoms with van der Waals surface area (Å²) in [5.41, 5.74) is 2.34. The van der Waals surface area contributed by atoms with E-state index in [2.05, 4.69) is 15.2 Å². The van der Waals surface area contributed by atoms with Gasteiger partial charge in [0.05, 0.1) is 10.8 Å². The summed E-state index contributed by atoms with van der Waals surface area (Å²) in [7, 11) is -3.84. The second-order valence-electron chi connectivity index (χ2n) is 11.9. The first-order valence-corrected chi connectivity index (χ1v) is 16.7. The van der Waals surface area contributed by atoms with Gasteiger partial charge in [-0.15, -0.1) is 0 Å².